The van der Waals surface area contributed by atoms with Crippen molar-refractivity contribution < 1.29 is 18.0 Å². The van der Waals surface area contributed by atoms with Gasteiger partial charge in [-0.15, -0.1) is 11.3 Å². The third-order valence-electron chi connectivity index (χ3n) is 3.77. The molecule has 0 aliphatic carbocycles. The summed E-state index contributed by atoms with van der Waals surface area (Å²) in [5.41, 5.74) is 0.889. The Balaban J connectivity index is 1.93. The topological polar surface area (TPSA) is 20.3 Å². The van der Waals surface area contributed by atoms with Crippen molar-refractivity contribution in [2.75, 3.05) is 6.54 Å². The summed E-state index contributed by atoms with van der Waals surface area (Å²) in [6.45, 7) is 2.35. The highest BCUT2D eigenvalue weighted by atomic mass is 32.1. The van der Waals surface area contributed by atoms with E-state index in [0.29, 0.717) is 6.54 Å². The minimum atomic E-state index is -1.56. The molecule has 0 spiro atoms. The number of nitrogens with zero attached hydrogens (tertiary/aromatic N) is 1. The number of benzene rings is 1. The summed E-state index contributed by atoms with van der Waals surface area (Å²) in [6.07, 6.45) is 0.717. The first kappa shape index (κ1) is 14.1. The summed E-state index contributed by atoms with van der Waals surface area (Å²) in [4.78, 5) is 15.2. The van der Waals surface area contributed by atoms with Crippen LogP contribution in [-0.2, 0) is 6.42 Å². The van der Waals surface area contributed by atoms with Crippen LogP contribution >= 0.6 is 11.3 Å². The summed E-state index contributed by atoms with van der Waals surface area (Å²) in [5.74, 6) is -4.74. The van der Waals surface area contributed by atoms with Crippen molar-refractivity contribution in [2.24, 2.45) is 0 Å². The molecule has 1 amide bonds. The molecule has 0 radical (unpaired) electrons. The molecule has 6 heteroatoms. The fourth-order valence-electron chi connectivity index (χ4n) is 2.63. The monoisotopic (exact) mass is 311 g/mol. The summed E-state index contributed by atoms with van der Waals surface area (Å²) in [5, 5.41) is 1.96. The van der Waals surface area contributed by atoms with E-state index >= 15 is 0 Å². The number of rotatable bonds is 1. The number of hydrogen-bond acceptors (Lipinski definition) is 2. The third kappa shape index (κ3) is 2.33. The molecule has 2 nitrogen and oxygen atoms in total. The highest BCUT2D eigenvalue weighted by Crippen LogP contribution is 2.33. The Bertz CT molecular complexity index is 690. The van der Waals surface area contributed by atoms with Crippen molar-refractivity contribution in [1.82, 2.24) is 4.90 Å². The second kappa shape index (κ2) is 5.18. The number of hydrogen-bond donors (Lipinski definition) is 0. The van der Waals surface area contributed by atoms with Crippen LogP contribution in [0.5, 0.6) is 0 Å². The molecule has 0 saturated heterocycles. The zero-order chi connectivity index (χ0) is 15.1. The number of carbonyl (C=O) groups is 1. The molecule has 0 fully saturated rings. The average molecular weight is 311 g/mol. The number of amides is 1. The largest absolute Gasteiger partial charge is 0.331 e. The molecule has 1 aliphatic heterocycles. The molecule has 2 heterocycles. The predicted octanol–water partition coefficient (Wildman–Crippen LogP) is 3.92. The molecule has 3 rings (SSSR count). The first-order valence-electron chi connectivity index (χ1n) is 6.51. The van der Waals surface area contributed by atoms with Crippen LogP contribution in [0.25, 0.3) is 0 Å². The van der Waals surface area contributed by atoms with Gasteiger partial charge in [0.15, 0.2) is 17.5 Å². The van der Waals surface area contributed by atoms with Crippen LogP contribution in [0, 0.1) is 17.5 Å². The van der Waals surface area contributed by atoms with E-state index in [2.05, 4.69) is 0 Å². The lowest BCUT2D eigenvalue weighted by molar-refractivity contribution is 0.0678. The van der Waals surface area contributed by atoms with Gasteiger partial charge in [-0.25, -0.2) is 13.2 Å². The van der Waals surface area contributed by atoms with Crippen molar-refractivity contribution in [3.05, 3.63) is 57.0 Å². The van der Waals surface area contributed by atoms with Crippen LogP contribution in [0.2, 0.25) is 0 Å². The van der Waals surface area contributed by atoms with E-state index in [1.807, 2.05) is 18.4 Å². The first-order valence-corrected chi connectivity index (χ1v) is 7.38. The molecular formula is C15H12F3NOS. The normalized spacial score (nSPS) is 17.7. The molecular weight excluding hydrogens is 299 g/mol. The van der Waals surface area contributed by atoms with Gasteiger partial charge in [-0.3, -0.25) is 4.79 Å². The Morgan fingerprint density at radius 1 is 1.29 bits per heavy atom. The highest BCUT2D eigenvalue weighted by molar-refractivity contribution is 7.10. The molecule has 0 bridgehead atoms. The van der Waals surface area contributed by atoms with E-state index in [9.17, 15) is 18.0 Å². The Hall–Kier alpha value is -1.82. The Labute approximate surface area is 123 Å². The van der Waals surface area contributed by atoms with Crippen LogP contribution in [0.3, 0.4) is 0 Å². The Morgan fingerprint density at radius 2 is 1.95 bits per heavy atom. The lowest BCUT2D eigenvalue weighted by Crippen LogP contribution is -2.38. The maximum absolute atomic E-state index is 13.3. The lowest BCUT2D eigenvalue weighted by atomic mass is 10.0. The molecule has 2 aromatic rings. The van der Waals surface area contributed by atoms with Crippen molar-refractivity contribution in [1.29, 1.82) is 0 Å². The molecule has 21 heavy (non-hydrogen) atoms. The second-order valence-corrected chi connectivity index (χ2v) is 5.98. The maximum Gasteiger partial charge on any atom is 0.254 e. The van der Waals surface area contributed by atoms with E-state index in [4.69, 9.17) is 0 Å². The summed E-state index contributed by atoms with van der Waals surface area (Å²) < 4.78 is 39.5. The highest BCUT2D eigenvalue weighted by Gasteiger charge is 2.29. The van der Waals surface area contributed by atoms with Gasteiger partial charge in [0.25, 0.3) is 5.91 Å². The van der Waals surface area contributed by atoms with Crippen molar-refractivity contribution in [3.63, 3.8) is 0 Å². The van der Waals surface area contributed by atoms with E-state index < -0.39 is 23.4 Å². The number of thiophene rings is 1. The van der Waals surface area contributed by atoms with E-state index in [1.165, 1.54) is 4.88 Å². The Morgan fingerprint density at radius 3 is 2.62 bits per heavy atom. The molecule has 1 atom stereocenters. The minimum Gasteiger partial charge on any atom is -0.331 e. The van der Waals surface area contributed by atoms with Crippen LogP contribution in [0.15, 0.2) is 23.6 Å². The van der Waals surface area contributed by atoms with E-state index in [-0.39, 0.29) is 11.6 Å². The van der Waals surface area contributed by atoms with Gasteiger partial charge in [0.1, 0.15) is 0 Å². The molecule has 0 N–H and O–H groups in total. The number of carbonyl (C=O) groups excluding carboxylic acids is 1. The van der Waals surface area contributed by atoms with Crippen molar-refractivity contribution in [3.8, 4) is 0 Å². The van der Waals surface area contributed by atoms with E-state index in [1.54, 1.807) is 16.2 Å². The van der Waals surface area contributed by atoms with Gasteiger partial charge in [-0.1, -0.05) is 0 Å². The fraction of sp³-hybridized carbons (Fsp3) is 0.267. The molecule has 1 unspecified atom stereocenters. The van der Waals surface area contributed by atoms with Crippen LogP contribution in [0.1, 0.15) is 33.8 Å². The smallest absolute Gasteiger partial charge is 0.254 e. The van der Waals surface area contributed by atoms with Crippen LogP contribution < -0.4 is 0 Å². The number of halogens is 3. The van der Waals surface area contributed by atoms with Gasteiger partial charge in [0.2, 0.25) is 0 Å². The van der Waals surface area contributed by atoms with E-state index in [0.717, 1.165) is 24.1 Å². The van der Waals surface area contributed by atoms with Gasteiger partial charge in [0, 0.05) is 17.0 Å². The zero-order valence-corrected chi connectivity index (χ0v) is 12.0. The van der Waals surface area contributed by atoms with Gasteiger partial charge >= 0.3 is 0 Å². The van der Waals surface area contributed by atoms with Crippen LogP contribution in [-0.4, -0.2) is 17.4 Å². The van der Waals surface area contributed by atoms with Gasteiger partial charge in [-0.05, 0) is 42.5 Å². The quantitative estimate of drug-likeness (QED) is 0.731. The van der Waals surface area contributed by atoms with Gasteiger partial charge in [-0.2, -0.15) is 0 Å². The van der Waals surface area contributed by atoms with Crippen molar-refractivity contribution >= 4 is 17.2 Å². The fourth-order valence-corrected chi connectivity index (χ4v) is 3.59. The van der Waals surface area contributed by atoms with Gasteiger partial charge in [0.05, 0.1) is 6.04 Å². The number of fused-ring (bicyclic) bond motifs is 1. The third-order valence-corrected chi connectivity index (χ3v) is 4.77. The zero-order valence-electron chi connectivity index (χ0n) is 11.2. The molecule has 1 aromatic heterocycles. The van der Waals surface area contributed by atoms with Crippen molar-refractivity contribution in [2.45, 2.75) is 19.4 Å². The molecule has 1 aliphatic rings. The predicted molar refractivity (Wildman–Crippen MR) is 73.8 cm³/mol. The molecule has 1 aromatic carbocycles. The van der Waals surface area contributed by atoms with Crippen LogP contribution in [0.4, 0.5) is 13.2 Å². The summed E-state index contributed by atoms with van der Waals surface area (Å²) >= 11 is 1.64. The van der Waals surface area contributed by atoms with Gasteiger partial charge < -0.3 is 4.90 Å². The maximum atomic E-state index is 13.3. The summed E-state index contributed by atoms with van der Waals surface area (Å²) in [6, 6.07) is 3.28. The Kier molecular flexibility index (Phi) is 3.49. The summed E-state index contributed by atoms with van der Waals surface area (Å²) in [7, 11) is 0. The second-order valence-electron chi connectivity index (χ2n) is 4.98. The average Bonchev–Trinajstić information content (AvgIpc) is 2.93. The first-order chi connectivity index (χ1) is 9.99. The SMILES string of the molecule is CC1c2ccsc2CCN1C(=O)c1cc(F)c(F)c(F)c1. The lowest BCUT2D eigenvalue weighted by Gasteiger charge is -2.33. The minimum absolute atomic E-state index is 0.163. The standard InChI is InChI=1S/C15H12F3NOS/c1-8-10-3-5-21-13(10)2-4-19(8)15(20)9-6-11(16)14(18)12(17)7-9/h3,5-8H,2,4H2,1H3. The molecule has 110 valence electrons. The molecule has 0 saturated carbocycles.